The number of hydrogen-bond acceptors (Lipinski definition) is 5. The van der Waals surface area contributed by atoms with E-state index in [1.165, 1.54) is 12.4 Å². The van der Waals surface area contributed by atoms with Gasteiger partial charge in [-0.05, 0) is 41.0 Å². The third-order valence-electron chi connectivity index (χ3n) is 6.48. The molecule has 5 rings (SSSR count). The van der Waals surface area contributed by atoms with Crippen LogP contribution in [-0.4, -0.2) is 43.8 Å². The number of nitrogens with zero attached hydrogens (tertiary/aromatic N) is 1. The second-order valence-corrected chi connectivity index (χ2v) is 9.11. The Kier molecular flexibility index (Phi) is 7.13. The molecule has 2 heterocycles. The summed E-state index contributed by atoms with van der Waals surface area (Å²) in [5.74, 6) is -2.00. The van der Waals surface area contributed by atoms with Gasteiger partial charge in [0.2, 0.25) is 5.43 Å². The van der Waals surface area contributed by atoms with Crippen LogP contribution >= 0.6 is 0 Å². The van der Waals surface area contributed by atoms with Crippen molar-refractivity contribution in [1.29, 1.82) is 0 Å². The molecule has 0 bridgehead atoms. The van der Waals surface area contributed by atoms with Crippen LogP contribution in [0.5, 0.6) is 0 Å². The Morgan fingerprint density at radius 2 is 1.67 bits per heavy atom. The van der Waals surface area contributed by atoms with E-state index in [-0.39, 0.29) is 29.6 Å². The predicted molar refractivity (Wildman–Crippen MR) is 146 cm³/mol. The fourth-order valence-electron chi connectivity index (χ4n) is 4.41. The topological polar surface area (TPSA) is 145 Å². The summed E-state index contributed by atoms with van der Waals surface area (Å²) in [4.78, 5) is 60.3. The molecule has 0 unspecified atom stereocenters. The highest BCUT2D eigenvalue weighted by atomic mass is 16.4. The van der Waals surface area contributed by atoms with Gasteiger partial charge in [0, 0.05) is 47.4 Å². The number of aromatic carboxylic acids is 1. The Morgan fingerprint density at radius 3 is 2.36 bits per heavy atom. The molecule has 2 aromatic heterocycles. The van der Waals surface area contributed by atoms with Crippen molar-refractivity contribution < 1.29 is 19.5 Å². The smallest absolute Gasteiger partial charge is 0.341 e. The quantitative estimate of drug-likeness (QED) is 0.233. The molecule has 9 nitrogen and oxygen atoms in total. The van der Waals surface area contributed by atoms with Crippen molar-refractivity contribution in [2.24, 2.45) is 0 Å². The number of aromatic amines is 2. The number of amides is 1. The zero-order valence-electron chi connectivity index (χ0n) is 20.7. The summed E-state index contributed by atoms with van der Waals surface area (Å²) >= 11 is 0. The Bertz CT molecular complexity index is 1710. The molecule has 0 spiro atoms. The number of imidazole rings is 1. The first-order valence-corrected chi connectivity index (χ1v) is 12.2. The number of carboxylic acids is 1. The number of hydrogen-bond donors (Lipinski definition) is 4. The van der Waals surface area contributed by atoms with Gasteiger partial charge in [-0.15, -0.1) is 0 Å². The number of aromatic nitrogens is 3. The lowest BCUT2D eigenvalue weighted by Gasteiger charge is -2.18. The standard InChI is InChI=1S/C30H24N4O5/c35-27(13-18-6-11-25-23(12-18)28(36)24(16-32-25)30(38)39)26(14-22-15-31-17-33-22)34-29(37)21-9-7-20(8-10-21)19-4-2-1-3-5-19/h1-12,15-17,26H,13-14H2,(H,31,33)(H,32,36)(H,34,37)(H,38,39)/t26-/m0/s1. The van der Waals surface area contributed by atoms with Gasteiger partial charge >= 0.3 is 5.97 Å². The number of ketones is 1. The molecule has 3 aromatic carbocycles. The van der Waals surface area contributed by atoms with Gasteiger partial charge in [-0.25, -0.2) is 9.78 Å². The van der Waals surface area contributed by atoms with Gasteiger partial charge in [0.1, 0.15) is 5.56 Å². The maximum atomic E-state index is 13.4. The summed E-state index contributed by atoms with van der Waals surface area (Å²) < 4.78 is 0. The molecule has 1 amide bonds. The largest absolute Gasteiger partial charge is 0.477 e. The number of pyridine rings is 1. The van der Waals surface area contributed by atoms with Gasteiger partial charge in [-0.2, -0.15) is 0 Å². The first kappa shape index (κ1) is 25.3. The third-order valence-corrected chi connectivity index (χ3v) is 6.48. The fraction of sp³-hybridized carbons (Fsp3) is 0.100. The van der Waals surface area contributed by atoms with Crippen LogP contribution in [0.3, 0.4) is 0 Å². The average molecular weight is 521 g/mol. The van der Waals surface area contributed by atoms with Crippen LogP contribution in [0.4, 0.5) is 0 Å². The Labute approximate surface area is 222 Å². The van der Waals surface area contributed by atoms with Crippen LogP contribution in [0.15, 0.2) is 96.3 Å². The van der Waals surface area contributed by atoms with E-state index in [1.54, 1.807) is 30.5 Å². The average Bonchev–Trinajstić information content (AvgIpc) is 3.47. The number of Topliss-reactive ketones (excluding diaryl/α,β-unsaturated/α-hetero) is 1. The Morgan fingerprint density at radius 1 is 0.923 bits per heavy atom. The van der Waals surface area contributed by atoms with E-state index in [9.17, 15) is 24.3 Å². The number of carbonyl (C=O) groups excluding carboxylic acids is 2. The molecule has 9 heteroatoms. The van der Waals surface area contributed by atoms with Gasteiger partial charge in [0.05, 0.1) is 12.4 Å². The summed E-state index contributed by atoms with van der Waals surface area (Å²) in [5, 5.41) is 12.3. The number of nitrogens with one attached hydrogen (secondary N) is 3. The third kappa shape index (κ3) is 5.67. The minimum atomic E-state index is -1.33. The number of benzene rings is 3. The molecule has 0 aliphatic carbocycles. The highest BCUT2D eigenvalue weighted by molar-refractivity contribution is 5.99. The van der Waals surface area contributed by atoms with E-state index in [2.05, 4.69) is 20.3 Å². The number of fused-ring (bicyclic) bond motifs is 1. The SMILES string of the molecule is O=C(N[C@@H](Cc1cnc[nH]1)C(=O)Cc1ccc2[nH]cc(C(=O)O)c(=O)c2c1)c1ccc(-c2ccccc2)cc1. The molecule has 0 aliphatic rings. The second-order valence-electron chi connectivity index (χ2n) is 9.11. The molecular weight excluding hydrogens is 496 g/mol. The lowest BCUT2D eigenvalue weighted by molar-refractivity contribution is -0.120. The number of carboxylic acid groups (broad SMARTS) is 1. The summed E-state index contributed by atoms with van der Waals surface area (Å²) in [6.45, 7) is 0. The van der Waals surface area contributed by atoms with Crippen molar-refractivity contribution in [2.75, 3.05) is 0 Å². The van der Waals surface area contributed by atoms with Gasteiger partial charge in [0.25, 0.3) is 5.91 Å². The molecule has 4 N–H and O–H groups in total. The number of rotatable bonds is 9. The lowest BCUT2D eigenvalue weighted by Crippen LogP contribution is -2.43. The van der Waals surface area contributed by atoms with Gasteiger partial charge in [-0.1, -0.05) is 48.5 Å². The van der Waals surface area contributed by atoms with Crippen LogP contribution in [0.2, 0.25) is 0 Å². The molecule has 0 saturated carbocycles. The Hall–Kier alpha value is -5.31. The molecule has 39 heavy (non-hydrogen) atoms. The van der Waals surface area contributed by atoms with Crippen LogP contribution in [0, 0.1) is 0 Å². The van der Waals surface area contributed by atoms with Gasteiger partial charge < -0.3 is 20.4 Å². The normalized spacial score (nSPS) is 11.7. The van der Waals surface area contributed by atoms with Gasteiger partial charge in [0.15, 0.2) is 5.78 Å². The van der Waals surface area contributed by atoms with Crippen LogP contribution in [0.1, 0.15) is 32.0 Å². The zero-order chi connectivity index (χ0) is 27.4. The highest BCUT2D eigenvalue weighted by Gasteiger charge is 2.23. The molecule has 0 aliphatic heterocycles. The fourth-order valence-corrected chi connectivity index (χ4v) is 4.41. The first-order chi connectivity index (χ1) is 18.9. The lowest BCUT2D eigenvalue weighted by atomic mass is 9.98. The van der Waals surface area contributed by atoms with E-state index >= 15 is 0 Å². The number of H-pyrrole nitrogens is 2. The van der Waals surface area contributed by atoms with Gasteiger partial charge in [-0.3, -0.25) is 14.4 Å². The molecule has 194 valence electrons. The molecule has 5 aromatic rings. The minimum Gasteiger partial charge on any atom is -0.477 e. The van der Waals surface area contributed by atoms with E-state index in [0.29, 0.717) is 22.3 Å². The van der Waals surface area contributed by atoms with E-state index < -0.39 is 23.3 Å². The molecule has 0 saturated heterocycles. The zero-order valence-corrected chi connectivity index (χ0v) is 20.7. The molecule has 0 radical (unpaired) electrons. The van der Waals surface area contributed by atoms with Crippen molar-refractivity contribution >= 4 is 28.6 Å². The van der Waals surface area contributed by atoms with Crippen molar-refractivity contribution in [3.05, 3.63) is 124 Å². The van der Waals surface area contributed by atoms with E-state index in [4.69, 9.17) is 0 Å². The van der Waals surface area contributed by atoms with Crippen LogP contribution in [0.25, 0.3) is 22.0 Å². The van der Waals surface area contributed by atoms with E-state index in [0.717, 1.165) is 17.3 Å². The summed E-state index contributed by atoms with van der Waals surface area (Å²) in [6.07, 6.45) is 4.36. The number of carbonyl (C=O) groups is 3. The maximum absolute atomic E-state index is 13.4. The maximum Gasteiger partial charge on any atom is 0.341 e. The summed E-state index contributed by atoms with van der Waals surface area (Å²) in [5.41, 5.74) is 3.06. The summed E-state index contributed by atoms with van der Waals surface area (Å²) in [6, 6.07) is 20.9. The molecule has 1 atom stereocenters. The second kappa shape index (κ2) is 11.0. The molecule has 0 fully saturated rings. The summed E-state index contributed by atoms with van der Waals surface area (Å²) in [7, 11) is 0. The predicted octanol–water partition coefficient (Wildman–Crippen LogP) is 3.77. The monoisotopic (exact) mass is 520 g/mol. The van der Waals surface area contributed by atoms with Crippen molar-refractivity contribution in [1.82, 2.24) is 20.3 Å². The Balaban J connectivity index is 1.37. The van der Waals surface area contributed by atoms with Crippen molar-refractivity contribution in [3.8, 4) is 11.1 Å². The van der Waals surface area contributed by atoms with E-state index in [1.807, 2.05) is 42.5 Å². The van der Waals surface area contributed by atoms with Crippen LogP contribution < -0.4 is 10.7 Å². The van der Waals surface area contributed by atoms with Crippen LogP contribution in [-0.2, 0) is 17.6 Å². The van der Waals surface area contributed by atoms with Crippen molar-refractivity contribution in [2.45, 2.75) is 18.9 Å². The first-order valence-electron chi connectivity index (χ1n) is 12.2. The minimum absolute atomic E-state index is 0.0707. The highest BCUT2D eigenvalue weighted by Crippen LogP contribution is 2.19. The molecular formula is C30H24N4O5. The van der Waals surface area contributed by atoms with Crippen molar-refractivity contribution in [3.63, 3.8) is 0 Å².